The quantitative estimate of drug-likeness (QED) is 0.546. The largest absolute Gasteiger partial charge is 0.341 e. The van der Waals surface area contributed by atoms with Crippen molar-refractivity contribution in [3.8, 4) is 0 Å². The van der Waals surface area contributed by atoms with E-state index in [4.69, 9.17) is 0 Å². The number of likely N-dealkylation sites (tertiary alicyclic amines) is 1. The fourth-order valence-corrected chi connectivity index (χ4v) is 6.75. The predicted molar refractivity (Wildman–Crippen MR) is 128 cm³/mol. The molecule has 2 fully saturated rings. The second-order valence-electron chi connectivity index (χ2n) is 9.04. The molecule has 190 valence electrons. The summed E-state index contributed by atoms with van der Waals surface area (Å²) in [4.78, 5) is 32.2. The highest BCUT2D eigenvalue weighted by molar-refractivity contribution is 7.92. The Morgan fingerprint density at radius 2 is 1.97 bits per heavy atom. The summed E-state index contributed by atoms with van der Waals surface area (Å²) in [7, 11) is -8.00. The Morgan fingerprint density at radius 3 is 2.67 bits per heavy atom. The van der Waals surface area contributed by atoms with Crippen LogP contribution in [0.15, 0.2) is 45.8 Å². The molecule has 1 aromatic carbocycles. The number of halogens is 1. The van der Waals surface area contributed by atoms with Gasteiger partial charge in [0.05, 0.1) is 30.4 Å². The summed E-state index contributed by atoms with van der Waals surface area (Å²) in [5, 5.41) is 2.81. The Balaban J connectivity index is 1.50. The van der Waals surface area contributed by atoms with Crippen molar-refractivity contribution in [3.05, 3.63) is 48.0 Å². The molecule has 5 rings (SSSR count). The molecular weight excluding hydrogens is 513 g/mol. The first-order chi connectivity index (χ1) is 16.9. The number of aromatic nitrogens is 1. The van der Waals surface area contributed by atoms with Crippen molar-refractivity contribution in [2.24, 2.45) is 16.2 Å². The van der Waals surface area contributed by atoms with Crippen molar-refractivity contribution in [1.82, 2.24) is 9.88 Å². The third kappa shape index (κ3) is 4.46. The van der Waals surface area contributed by atoms with Gasteiger partial charge in [-0.15, -0.1) is 4.40 Å². The Morgan fingerprint density at radius 1 is 1.19 bits per heavy atom. The Kier molecular flexibility index (Phi) is 5.82. The number of amidine groups is 1. The first kappa shape index (κ1) is 24.3. The molecule has 2 aliphatic heterocycles. The van der Waals surface area contributed by atoms with Gasteiger partial charge in [-0.25, -0.2) is 12.8 Å². The van der Waals surface area contributed by atoms with Gasteiger partial charge in [0.25, 0.3) is 10.0 Å². The van der Waals surface area contributed by atoms with Crippen molar-refractivity contribution >= 4 is 48.9 Å². The Bertz CT molecular complexity index is 1510. The SMILES string of the molecule is CS(=O)(=O)Nc1ccc2c(c1)S(=O)(=O)N=C(C1C(=O)C3CCCC3N(Cc3ccc(F)cn3)C1=O)N2. The van der Waals surface area contributed by atoms with E-state index < -0.39 is 49.4 Å². The maximum absolute atomic E-state index is 13.6. The van der Waals surface area contributed by atoms with Crippen LogP contribution in [0.3, 0.4) is 0 Å². The maximum atomic E-state index is 13.6. The molecule has 2 N–H and O–H groups in total. The monoisotopic (exact) mass is 535 g/mol. The summed E-state index contributed by atoms with van der Waals surface area (Å²) in [6, 6.07) is 6.14. The van der Waals surface area contributed by atoms with E-state index in [1.165, 1.54) is 29.2 Å². The lowest BCUT2D eigenvalue weighted by Gasteiger charge is -2.41. The number of ketones is 1. The highest BCUT2D eigenvalue weighted by atomic mass is 32.2. The molecule has 14 heteroatoms. The number of carbonyl (C=O) groups excluding carboxylic acids is 2. The number of piperidine rings is 1. The summed E-state index contributed by atoms with van der Waals surface area (Å²) in [6.45, 7) is 0.0429. The van der Waals surface area contributed by atoms with Crippen LogP contribution in [0, 0.1) is 17.7 Å². The van der Waals surface area contributed by atoms with Gasteiger partial charge in [-0.05, 0) is 43.2 Å². The summed E-state index contributed by atoms with van der Waals surface area (Å²) in [6.07, 6.45) is 3.87. The van der Waals surface area contributed by atoms with E-state index in [1.54, 1.807) is 0 Å². The number of pyridine rings is 1. The van der Waals surface area contributed by atoms with Gasteiger partial charge in [-0.3, -0.25) is 19.3 Å². The Hall–Kier alpha value is -3.39. The molecule has 0 spiro atoms. The molecule has 3 heterocycles. The standard InChI is InChI=1S/C22H22FN5O6S2/c1-35(31,32)26-13-7-8-16-18(9-13)36(33,34)27-21(25-16)19-20(29)15-3-2-4-17(15)28(22(19)30)11-14-6-5-12(23)10-24-14/h5-10,15,17,19,26H,2-4,11H2,1H3,(H,25,27). The minimum atomic E-state index is -4.36. The summed E-state index contributed by atoms with van der Waals surface area (Å²) < 4.78 is 68.3. The van der Waals surface area contributed by atoms with E-state index in [0.29, 0.717) is 18.5 Å². The van der Waals surface area contributed by atoms with Crippen LogP contribution in [0.1, 0.15) is 25.0 Å². The van der Waals surface area contributed by atoms with E-state index in [-0.39, 0.29) is 34.7 Å². The Labute approximate surface area is 206 Å². The van der Waals surface area contributed by atoms with Crippen molar-refractivity contribution < 1.29 is 30.8 Å². The molecule has 3 unspecified atom stereocenters. The molecule has 3 atom stereocenters. The molecule has 36 heavy (non-hydrogen) atoms. The number of nitrogens with zero attached hydrogens (tertiary/aromatic N) is 3. The number of sulfonamides is 2. The zero-order valence-corrected chi connectivity index (χ0v) is 20.6. The van der Waals surface area contributed by atoms with Crippen LogP contribution in [0.25, 0.3) is 0 Å². The van der Waals surface area contributed by atoms with Crippen LogP contribution < -0.4 is 10.0 Å². The molecule has 1 saturated carbocycles. The second-order valence-corrected chi connectivity index (χ2v) is 12.4. The van der Waals surface area contributed by atoms with E-state index in [0.717, 1.165) is 24.9 Å². The lowest BCUT2D eigenvalue weighted by Crippen LogP contribution is -2.58. The minimum absolute atomic E-state index is 0.0249. The van der Waals surface area contributed by atoms with Gasteiger partial charge in [0.1, 0.15) is 16.5 Å². The zero-order chi connectivity index (χ0) is 25.8. The van der Waals surface area contributed by atoms with Crippen LogP contribution in [-0.4, -0.2) is 56.5 Å². The molecular formula is C22H22FN5O6S2. The highest BCUT2D eigenvalue weighted by Crippen LogP contribution is 2.40. The zero-order valence-electron chi connectivity index (χ0n) is 19.0. The highest BCUT2D eigenvalue weighted by Gasteiger charge is 2.52. The minimum Gasteiger partial charge on any atom is -0.341 e. The lowest BCUT2D eigenvalue weighted by atomic mass is 9.82. The fraction of sp³-hybridized carbons (Fsp3) is 0.364. The lowest BCUT2D eigenvalue weighted by molar-refractivity contribution is -0.149. The normalized spacial score (nSPS) is 25.0. The van der Waals surface area contributed by atoms with Crippen LogP contribution in [-0.2, 0) is 36.2 Å². The number of carbonyl (C=O) groups is 2. The number of amides is 1. The topological polar surface area (TPSA) is 155 Å². The number of benzene rings is 1. The van der Waals surface area contributed by atoms with Gasteiger partial charge in [0.2, 0.25) is 15.9 Å². The molecule has 1 aliphatic carbocycles. The number of hydrogen-bond acceptors (Lipinski definition) is 8. The van der Waals surface area contributed by atoms with Crippen molar-refractivity contribution in [2.45, 2.75) is 36.7 Å². The molecule has 1 aromatic heterocycles. The summed E-state index contributed by atoms with van der Waals surface area (Å²) in [5.74, 6) is -3.76. The number of rotatable bonds is 5. The van der Waals surface area contributed by atoms with E-state index in [9.17, 15) is 30.8 Å². The summed E-state index contributed by atoms with van der Waals surface area (Å²) >= 11 is 0. The first-order valence-electron chi connectivity index (χ1n) is 11.1. The van der Waals surface area contributed by atoms with Gasteiger partial charge in [-0.2, -0.15) is 8.42 Å². The number of Topliss-reactive ketones (excluding diaryl/α,β-unsaturated/α-hetero) is 1. The van der Waals surface area contributed by atoms with Crippen LogP contribution in [0.5, 0.6) is 0 Å². The van der Waals surface area contributed by atoms with Crippen LogP contribution in [0.4, 0.5) is 15.8 Å². The van der Waals surface area contributed by atoms with Gasteiger partial charge < -0.3 is 10.2 Å². The van der Waals surface area contributed by atoms with Crippen molar-refractivity contribution in [2.75, 3.05) is 16.3 Å². The average Bonchev–Trinajstić information content (AvgIpc) is 3.27. The number of hydrogen-bond donors (Lipinski definition) is 2. The van der Waals surface area contributed by atoms with E-state index in [2.05, 4.69) is 19.4 Å². The van der Waals surface area contributed by atoms with Crippen LogP contribution in [0.2, 0.25) is 0 Å². The van der Waals surface area contributed by atoms with Gasteiger partial charge in [0, 0.05) is 17.6 Å². The fourth-order valence-electron chi connectivity index (χ4n) is 5.01. The molecule has 1 amide bonds. The second kappa shape index (κ2) is 8.62. The molecule has 0 radical (unpaired) electrons. The van der Waals surface area contributed by atoms with Gasteiger partial charge >= 0.3 is 0 Å². The van der Waals surface area contributed by atoms with E-state index in [1.807, 2.05) is 0 Å². The molecule has 0 bridgehead atoms. The van der Waals surface area contributed by atoms with E-state index >= 15 is 0 Å². The average molecular weight is 536 g/mol. The molecule has 3 aliphatic rings. The van der Waals surface area contributed by atoms with Crippen LogP contribution >= 0.6 is 0 Å². The molecule has 1 saturated heterocycles. The maximum Gasteiger partial charge on any atom is 0.286 e. The first-order valence-corrected chi connectivity index (χ1v) is 14.4. The molecule has 2 aromatic rings. The predicted octanol–water partition coefficient (Wildman–Crippen LogP) is 1.50. The van der Waals surface area contributed by atoms with Gasteiger partial charge in [0.15, 0.2) is 11.7 Å². The number of fused-ring (bicyclic) bond motifs is 2. The smallest absolute Gasteiger partial charge is 0.286 e. The molecule has 11 nitrogen and oxygen atoms in total. The number of anilines is 2. The third-order valence-corrected chi connectivity index (χ3v) is 8.44. The van der Waals surface area contributed by atoms with Crippen molar-refractivity contribution in [3.63, 3.8) is 0 Å². The van der Waals surface area contributed by atoms with Crippen molar-refractivity contribution in [1.29, 1.82) is 0 Å². The summed E-state index contributed by atoms with van der Waals surface area (Å²) in [5.41, 5.74) is 0.530. The number of nitrogens with one attached hydrogen (secondary N) is 2. The third-order valence-electron chi connectivity index (χ3n) is 6.50. The van der Waals surface area contributed by atoms with Gasteiger partial charge in [-0.1, -0.05) is 6.42 Å².